The highest BCUT2D eigenvalue weighted by Crippen LogP contribution is 2.25. The molecule has 0 bridgehead atoms. The minimum atomic E-state index is -0.585. The van der Waals surface area contributed by atoms with Gasteiger partial charge in [0.2, 0.25) is 0 Å². The van der Waals surface area contributed by atoms with Gasteiger partial charge in [-0.2, -0.15) is 0 Å². The van der Waals surface area contributed by atoms with Crippen molar-refractivity contribution in [2.75, 3.05) is 0 Å². The van der Waals surface area contributed by atoms with E-state index in [1.807, 2.05) is 0 Å². The molecular weight excluding hydrogens is 363 g/mol. The lowest BCUT2D eigenvalue weighted by Crippen LogP contribution is -2.03. The Kier molecular flexibility index (Phi) is 3.43. The van der Waals surface area contributed by atoms with Crippen LogP contribution in [0.1, 0.15) is 15.9 Å². The summed E-state index contributed by atoms with van der Waals surface area (Å²) in [6.45, 7) is 0. The highest BCUT2D eigenvalue weighted by atomic mass is 79.9. The van der Waals surface area contributed by atoms with Crippen molar-refractivity contribution in [1.29, 1.82) is 0 Å². The summed E-state index contributed by atoms with van der Waals surface area (Å²) in [5.41, 5.74) is 1.35. The van der Waals surface area contributed by atoms with Gasteiger partial charge in [0.05, 0.1) is 16.1 Å². The largest absolute Gasteiger partial charge is 0.323 e. The van der Waals surface area contributed by atoms with E-state index >= 15 is 0 Å². The quantitative estimate of drug-likeness (QED) is 0.677. The van der Waals surface area contributed by atoms with Crippen LogP contribution in [0.5, 0.6) is 0 Å². The number of hydrogen-bond donors (Lipinski definition) is 2. The summed E-state index contributed by atoms with van der Waals surface area (Å²) in [4.78, 5) is 28.9. The number of nitrogens with one attached hydrogen (secondary N) is 2. The van der Waals surface area contributed by atoms with Crippen molar-refractivity contribution in [2.45, 2.75) is 0 Å². The van der Waals surface area contributed by atoms with Gasteiger partial charge in [0, 0.05) is 15.6 Å². The van der Waals surface area contributed by atoms with Crippen molar-refractivity contribution >= 4 is 44.3 Å². The van der Waals surface area contributed by atoms with Gasteiger partial charge in [-0.3, -0.25) is 4.79 Å². The third-order valence-corrected chi connectivity index (χ3v) is 3.98. The Morgan fingerprint density at radius 2 is 1.81 bits per heavy atom. The molecule has 2 aromatic carbocycles. The summed E-state index contributed by atoms with van der Waals surface area (Å²) in [6, 6.07) is 6.96. The van der Waals surface area contributed by atoms with Crippen molar-refractivity contribution in [3.8, 4) is 0 Å². The summed E-state index contributed by atoms with van der Waals surface area (Å²) < 4.78 is 13.7. The first-order valence-corrected chi connectivity index (χ1v) is 7.04. The highest BCUT2D eigenvalue weighted by molar-refractivity contribution is 9.10. The van der Waals surface area contributed by atoms with Gasteiger partial charge in [-0.15, -0.1) is 0 Å². The van der Waals surface area contributed by atoms with Crippen LogP contribution in [-0.2, 0) is 0 Å². The van der Waals surface area contributed by atoms with Crippen molar-refractivity contribution in [3.05, 3.63) is 67.3 Å². The molecule has 0 saturated heterocycles. The molecule has 4 nitrogen and oxygen atoms in total. The van der Waals surface area contributed by atoms with Gasteiger partial charge in [-0.25, -0.2) is 9.18 Å². The Hall–Kier alpha value is -1.92. The Labute approximate surface area is 131 Å². The standard InChI is InChI=1S/C14H7BrClFN2O2/c15-8-5-12-11(18-14(21)19-12)4-7(8)13(20)6-1-2-10(17)9(16)3-6/h1-5H,(H2,18,19,21). The van der Waals surface area contributed by atoms with Gasteiger partial charge in [0.1, 0.15) is 5.82 Å². The summed E-state index contributed by atoms with van der Waals surface area (Å²) in [5.74, 6) is -0.912. The van der Waals surface area contributed by atoms with Crippen molar-refractivity contribution in [1.82, 2.24) is 9.97 Å². The molecule has 0 aliphatic carbocycles. The number of H-pyrrole nitrogens is 2. The Morgan fingerprint density at radius 1 is 1.14 bits per heavy atom. The fourth-order valence-corrected chi connectivity index (χ4v) is 2.73. The molecule has 0 unspecified atom stereocenters. The number of aromatic nitrogens is 2. The minimum absolute atomic E-state index is 0.117. The zero-order chi connectivity index (χ0) is 15.1. The first-order valence-electron chi connectivity index (χ1n) is 5.87. The number of hydrogen-bond acceptors (Lipinski definition) is 2. The van der Waals surface area contributed by atoms with Crippen LogP contribution in [-0.4, -0.2) is 15.8 Å². The Morgan fingerprint density at radius 3 is 2.48 bits per heavy atom. The smallest absolute Gasteiger partial charge is 0.306 e. The third-order valence-electron chi connectivity index (χ3n) is 3.03. The van der Waals surface area contributed by atoms with Gasteiger partial charge < -0.3 is 9.97 Å². The molecule has 1 aromatic heterocycles. The molecule has 0 aliphatic rings. The van der Waals surface area contributed by atoms with Gasteiger partial charge in [0.25, 0.3) is 0 Å². The van der Waals surface area contributed by atoms with Crippen molar-refractivity contribution in [2.24, 2.45) is 0 Å². The zero-order valence-corrected chi connectivity index (χ0v) is 12.7. The van der Waals surface area contributed by atoms with Gasteiger partial charge in [0.15, 0.2) is 5.78 Å². The third kappa shape index (κ3) is 2.52. The Balaban J connectivity index is 2.14. The number of halogens is 3. The van der Waals surface area contributed by atoms with Crippen molar-refractivity contribution < 1.29 is 9.18 Å². The summed E-state index contributed by atoms with van der Waals surface area (Å²) >= 11 is 8.99. The van der Waals surface area contributed by atoms with Crippen LogP contribution in [0.2, 0.25) is 5.02 Å². The van der Waals surface area contributed by atoms with E-state index in [0.717, 1.165) is 6.07 Å². The van der Waals surface area contributed by atoms with Gasteiger partial charge in [-0.05, 0) is 46.3 Å². The molecule has 3 aromatic rings. The molecule has 0 atom stereocenters. The number of carbonyl (C=O) groups is 1. The fraction of sp³-hybridized carbons (Fsp3) is 0. The maximum atomic E-state index is 13.2. The molecule has 1 heterocycles. The molecule has 3 rings (SSSR count). The summed E-state index contributed by atoms with van der Waals surface area (Å²) in [5, 5.41) is -0.117. The van der Waals surface area contributed by atoms with Crippen LogP contribution in [0.3, 0.4) is 0 Å². The normalized spacial score (nSPS) is 11.0. The maximum absolute atomic E-state index is 13.2. The molecule has 21 heavy (non-hydrogen) atoms. The van der Waals surface area contributed by atoms with Crippen LogP contribution in [0, 0.1) is 5.82 Å². The number of benzene rings is 2. The second kappa shape index (κ2) is 5.13. The van der Waals surface area contributed by atoms with Crippen LogP contribution in [0.25, 0.3) is 11.0 Å². The van der Waals surface area contributed by atoms with E-state index in [1.165, 1.54) is 12.1 Å². The van der Waals surface area contributed by atoms with Crippen LogP contribution < -0.4 is 5.69 Å². The van der Waals surface area contributed by atoms with Crippen LogP contribution in [0.15, 0.2) is 39.6 Å². The first kappa shape index (κ1) is 14.0. The van der Waals surface area contributed by atoms with E-state index < -0.39 is 5.82 Å². The van der Waals surface area contributed by atoms with Gasteiger partial charge in [-0.1, -0.05) is 11.6 Å². The summed E-state index contributed by atoms with van der Waals surface area (Å²) in [7, 11) is 0. The molecule has 0 spiro atoms. The van der Waals surface area contributed by atoms with E-state index in [4.69, 9.17) is 11.6 Å². The topological polar surface area (TPSA) is 65.7 Å². The van der Waals surface area contributed by atoms with E-state index in [9.17, 15) is 14.0 Å². The zero-order valence-electron chi connectivity index (χ0n) is 10.3. The number of aromatic amines is 2. The molecular formula is C14H7BrClFN2O2. The molecule has 0 aliphatic heterocycles. The molecule has 0 radical (unpaired) electrons. The average molecular weight is 370 g/mol. The monoisotopic (exact) mass is 368 g/mol. The minimum Gasteiger partial charge on any atom is -0.306 e. The molecule has 0 saturated carbocycles. The van der Waals surface area contributed by atoms with Crippen LogP contribution >= 0.6 is 27.5 Å². The van der Waals surface area contributed by atoms with Gasteiger partial charge >= 0.3 is 5.69 Å². The number of fused-ring (bicyclic) bond motifs is 1. The molecule has 0 fully saturated rings. The number of imidazole rings is 1. The van der Waals surface area contributed by atoms with E-state index in [-0.39, 0.29) is 22.1 Å². The average Bonchev–Trinajstić information content (AvgIpc) is 2.79. The predicted octanol–water partition coefficient (Wildman–Crippen LogP) is 3.64. The van der Waals surface area contributed by atoms with E-state index in [0.29, 0.717) is 21.1 Å². The highest BCUT2D eigenvalue weighted by Gasteiger charge is 2.16. The molecule has 7 heteroatoms. The number of rotatable bonds is 2. The summed E-state index contributed by atoms with van der Waals surface area (Å²) in [6.07, 6.45) is 0. The first-order chi connectivity index (χ1) is 9.95. The second-order valence-electron chi connectivity index (χ2n) is 4.41. The molecule has 2 N–H and O–H groups in total. The van der Waals surface area contributed by atoms with Crippen molar-refractivity contribution in [3.63, 3.8) is 0 Å². The van der Waals surface area contributed by atoms with E-state index in [1.54, 1.807) is 12.1 Å². The fourth-order valence-electron chi connectivity index (χ4n) is 2.02. The second-order valence-corrected chi connectivity index (χ2v) is 5.68. The number of carbonyl (C=O) groups excluding carboxylic acids is 1. The molecule has 106 valence electrons. The molecule has 0 amide bonds. The maximum Gasteiger partial charge on any atom is 0.323 e. The SMILES string of the molecule is O=C(c1ccc(F)c(Cl)c1)c1cc2[nH]c(=O)[nH]c2cc1Br. The lowest BCUT2D eigenvalue weighted by atomic mass is 10.0. The number of ketones is 1. The van der Waals surface area contributed by atoms with E-state index in [2.05, 4.69) is 25.9 Å². The Bertz CT molecular complexity index is 932. The lowest BCUT2D eigenvalue weighted by molar-refractivity contribution is 0.103. The van der Waals surface area contributed by atoms with Crippen LogP contribution in [0.4, 0.5) is 4.39 Å². The lowest BCUT2D eigenvalue weighted by Gasteiger charge is -2.05. The predicted molar refractivity (Wildman–Crippen MR) is 81.5 cm³/mol.